The Labute approximate surface area is 103 Å². The van der Waals surface area contributed by atoms with Crippen molar-refractivity contribution in [1.82, 2.24) is 0 Å². The minimum atomic E-state index is 0.319. The van der Waals surface area contributed by atoms with Crippen molar-refractivity contribution < 1.29 is 4.79 Å². The Morgan fingerprint density at radius 3 is 2.18 bits per heavy atom. The average Bonchev–Trinajstić information content (AvgIpc) is 2.90. The Morgan fingerprint density at radius 1 is 0.941 bits per heavy atom. The van der Waals surface area contributed by atoms with Gasteiger partial charge in [-0.1, -0.05) is 6.07 Å². The Hall–Kier alpha value is -1.11. The van der Waals surface area contributed by atoms with Crippen molar-refractivity contribution in [2.45, 2.75) is 40.0 Å². The largest absolute Gasteiger partial charge is 0.294 e. The molecule has 0 saturated heterocycles. The zero-order chi connectivity index (χ0) is 12.2. The highest BCUT2D eigenvalue weighted by atomic mass is 16.1. The quantitative estimate of drug-likeness (QED) is 0.703. The third kappa shape index (κ3) is 1.82. The molecule has 17 heavy (non-hydrogen) atoms. The van der Waals surface area contributed by atoms with Crippen LogP contribution in [-0.4, -0.2) is 5.78 Å². The minimum Gasteiger partial charge on any atom is -0.294 e. The first-order valence-electron chi connectivity index (χ1n) is 6.68. The molecule has 1 aromatic carbocycles. The molecule has 0 aromatic heterocycles. The third-order valence-corrected chi connectivity index (χ3v) is 4.72. The number of Topliss-reactive ketones (excluding diaryl/α,β-unsaturated/α-hetero) is 1. The number of carbonyl (C=O) groups excluding carboxylic acids is 1. The summed E-state index contributed by atoms with van der Waals surface area (Å²) in [5.41, 5.74) is 4.65. The smallest absolute Gasteiger partial charge is 0.166 e. The van der Waals surface area contributed by atoms with Crippen LogP contribution in [0.25, 0.3) is 0 Å². The Bertz CT molecular complexity index is 477. The SMILES string of the molecule is Cc1cc(C)c(C(=O)C2CC3CC3C2)cc1C. The monoisotopic (exact) mass is 228 g/mol. The van der Waals surface area contributed by atoms with Crippen molar-refractivity contribution in [2.75, 3.05) is 0 Å². The summed E-state index contributed by atoms with van der Waals surface area (Å²) in [5, 5.41) is 0. The average molecular weight is 228 g/mol. The first-order valence-corrected chi connectivity index (χ1v) is 6.68. The Morgan fingerprint density at radius 2 is 1.53 bits per heavy atom. The molecule has 90 valence electrons. The van der Waals surface area contributed by atoms with Crippen LogP contribution in [-0.2, 0) is 0 Å². The zero-order valence-electron chi connectivity index (χ0n) is 10.9. The van der Waals surface area contributed by atoms with Crippen molar-refractivity contribution in [1.29, 1.82) is 0 Å². The molecule has 2 aliphatic rings. The van der Waals surface area contributed by atoms with Crippen LogP contribution in [0.1, 0.15) is 46.3 Å². The fraction of sp³-hybridized carbons (Fsp3) is 0.562. The van der Waals surface area contributed by atoms with Gasteiger partial charge in [0.2, 0.25) is 0 Å². The standard InChI is InChI=1S/C16H20O/c1-9-4-11(3)15(5-10(9)2)16(17)14-7-12-6-13(12)8-14/h4-5,12-14H,6-8H2,1-3H3. The summed E-state index contributed by atoms with van der Waals surface area (Å²) in [5.74, 6) is 2.49. The van der Waals surface area contributed by atoms with Crippen LogP contribution in [0, 0.1) is 38.5 Å². The highest BCUT2D eigenvalue weighted by Crippen LogP contribution is 2.55. The molecule has 0 N–H and O–H groups in total. The molecule has 0 spiro atoms. The lowest BCUT2D eigenvalue weighted by Crippen LogP contribution is -2.14. The van der Waals surface area contributed by atoms with Gasteiger partial charge in [-0.05, 0) is 74.6 Å². The molecule has 3 rings (SSSR count). The molecule has 1 nitrogen and oxygen atoms in total. The molecule has 0 aliphatic heterocycles. The van der Waals surface area contributed by atoms with E-state index >= 15 is 0 Å². The van der Waals surface area contributed by atoms with E-state index in [0.717, 1.165) is 35.8 Å². The molecule has 2 fully saturated rings. The van der Waals surface area contributed by atoms with Gasteiger partial charge in [-0.3, -0.25) is 4.79 Å². The van der Waals surface area contributed by atoms with E-state index in [4.69, 9.17) is 0 Å². The van der Waals surface area contributed by atoms with Crippen LogP contribution >= 0.6 is 0 Å². The number of carbonyl (C=O) groups is 1. The van der Waals surface area contributed by atoms with Crippen molar-refractivity contribution in [2.24, 2.45) is 17.8 Å². The lowest BCUT2D eigenvalue weighted by molar-refractivity contribution is 0.0914. The molecule has 2 atom stereocenters. The number of hydrogen-bond acceptors (Lipinski definition) is 1. The predicted molar refractivity (Wildman–Crippen MR) is 69.3 cm³/mol. The maximum absolute atomic E-state index is 12.5. The maximum Gasteiger partial charge on any atom is 0.166 e. The van der Waals surface area contributed by atoms with Gasteiger partial charge in [-0.2, -0.15) is 0 Å². The predicted octanol–water partition coefficient (Wildman–Crippen LogP) is 3.84. The van der Waals surface area contributed by atoms with Crippen molar-refractivity contribution in [3.63, 3.8) is 0 Å². The van der Waals surface area contributed by atoms with Crippen LogP contribution in [0.2, 0.25) is 0 Å². The van der Waals surface area contributed by atoms with Gasteiger partial charge < -0.3 is 0 Å². The molecule has 2 unspecified atom stereocenters. The molecular weight excluding hydrogens is 208 g/mol. The second-order valence-electron chi connectivity index (χ2n) is 6.04. The van der Waals surface area contributed by atoms with Gasteiger partial charge in [0.1, 0.15) is 0 Å². The van der Waals surface area contributed by atoms with Gasteiger partial charge in [0, 0.05) is 11.5 Å². The molecule has 2 aliphatic carbocycles. The number of fused-ring (bicyclic) bond motifs is 1. The molecule has 0 amide bonds. The highest BCUT2D eigenvalue weighted by Gasteiger charge is 2.48. The van der Waals surface area contributed by atoms with Gasteiger partial charge in [-0.15, -0.1) is 0 Å². The first kappa shape index (κ1) is 11.0. The molecule has 1 heteroatoms. The molecule has 1 aromatic rings. The number of ketones is 1. The second kappa shape index (κ2) is 3.69. The topological polar surface area (TPSA) is 17.1 Å². The van der Waals surface area contributed by atoms with Gasteiger partial charge in [0.15, 0.2) is 5.78 Å². The van der Waals surface area contributed by atoms with E-state index in [9.17, 15) is 4.79 Å². The van der Waals surface area contributed by atoms with E-state index in [1.165, 1.54) is 17.5 Å². The minimum absolute atomic E-state index is 0.319. The van der Waals surface area contributed by atoms with Crippen LogP contribution in [0.5, 0.6) is 0 Å². The van der Waals surface area contributed by atoms with Crippen molar-refractivity contribution in [3.8, 4) is 0 Å². The Kier molecular flexibility index (Phi) is 2.39. The highest BCUT2D eigenvalue weighted by molar-refractivity contribution is 5.99. The number of benzene rings is 1. The van der Waals surface area contributed by atoms with Gasteiger partial charge >= 0.3 is 0 Å². The second-order valence-corrected chi connectivity index (χ2v) is 6.04. The number of hydrogen-bond donors (Lipinski definition) is 0. The van der Waals surface area contributed by atoms with E-state index in [1.807, 2.05) is 0 Å². The number of rotatable bonds is 2. The number of aryl methyl sites for hydroxylation is 3. The summed E-state index contributed by atoms with van der Waals surface area (Å²) < 4.78 is 0. The molecule has 0 radical (unpaired) electrons. The van der Waals surface area contributed by atoms with E-state index in [0.29, 0.717) is 11.7 Å². The summed E-state index contributed by atoms with van der Waals surface area (Å²) in [6, 6.07) is 4.25. The van der Waals surface area contributed by atoms with Crippen LogP contribution in [0.15, 0.2) is 12.1 Å². The molecule has 0 heterocycles. The first-order chi connectivity index (χ1) is 8.06. The Balaban J connectivity index is 1.88. The van der Waals surface area contributed by atoms with Crippen molar-refractivity contribution in [3.05, 3.63) is 34.4 Å². The third-order valence-electron chi connectivity index (χ3n) is 4.72. The fourth-order valence-corrected chi connectivity index (χ4v) is 3.37. The molecular formula is C16H20O. The summed E-state index contributed by atoms with van der Waals surface area (Å²) in [6.07, 6.45) is 3.68. The van der Waals surface area contributed by atoms with E-state index in [-0.39, 0.29) is 0 Å². The van der Waals surface area contributed by atoms with E-state index in [2.05, 4.69) is 32.9 Å². The van der Waals surface area contributed by atoms with Crippen LogP contribution < -0.4 is 0 Å². The molecule has 0 bridgehead atoms. The van der Waals surface area contributed by atoms with E-state index < -0.39 is 0 Å². The molecule has 2 saturated carbocycles. The van der Waals surface area contributed by atoms with E-state index in [1.54, 1.807) is 0 Å². The van der Waals surface area contributed by atoms with Crippen LogP contribution in [0.3, 0.4) is 0 Å². The lowest BCUT2D eigenvalue weighted by Gasteiger charge is -2.14. The van der Waals surface area contributed by atoms with Gasteiger partial charge in [-0.25, -0.2) is 0 Å². The maximum atomic E-state index is 12.5. The van der Waals surface area contributed by atoms with Crippen molar-refractivity contribution >= 4 is 5.78 Å². The zero-order valence-corrected chi connectivity index (χ0v) is 10.9. The summed E-state index contributed by atoms with van der Waals surface area (Å²) in [4.78, 5) is 12.5. The summed E-state index contributed by atoms with van der Waals surface area (Å²) in [7, 11) is 0. The van der Waals surface area contributed by atoms with Gasteiger partial charge in [0.05, 0.1) is 0 Å². The van der Waals surface area contributed by atoms with Crippen LogP contribution in [0.4, 0.5) is 0 Å². The normalized spacial score (nSPS) is 30.2. The summed E-state index contributed by atoms with van der Waals surface area (Å²) in [6.45, 7) is 6.27. The van der Waals surface area contributed by atoms with Gasteiger partial charge in [0.25, 0.3) is 0 Å². The fourth-order valence-electron chi connectivity index (χ4n) is 3.37. The lowest BCUT2D eigenvalue weighted by atomic mass is 9.89. The summed E-state index contributed by atoms with van der Waals surface area (Å²) >= 11 is 0.